The van der Waals surface area contributed by atoms with Gasteiger partial charge in [-0.15, -0.1) is 11.8 Å². The van der Waals surface area contributed by atoms with Crippen molar-refractivity contribution in [3.63, 3.8) is 0 Å². The molecule has 110 valence electrons. The number of anilines is 2. The van der Waals surface area contributed by atoms with Crippen LogP contribution in [0.5, 0.6) is 0 Å². The van der Waals surface area contributed by atoms with Crippen molar-refractivity contribution in [2.45, 2.75) is 4.87 Å². The average Bonchev–Trinajstić information content (AvgIpc) is 3.00. The molecule has 2 amide bonds. The summed E-state index contributed by atoms with van der Waals surface area (Å²) in [5.41, 5.74) is 1.99. The maximum absolute atomic E-state index is 13.2. The maximum Gasteiger partial charge on any atom is 0.266 e. The van der Waals surface area contributed by atoms with Crippen LogP contribution in [0.25, 0.3) is 0 Å². The first-order valence-electron chi connectivity index (χ1n) is 6.76. The fourth-order valence-corrected chi connectivity index (χ4v) is 4.28. The second kappa shape index (κ2) is 4.58. The fourth-order valence-electron chi connectivity index (χ4n) is 2.97. The van der Waals surface area contributed by atoms with Gasteiger partial charge in [-0.2, -0.15) is 0 Å². The smallest absolute Gasteiger partial charge is 0.266 e. The Balaban J connectivity index is 1.92. The maximum atomic E-state index is 13.2. The number of carbonyl (C=O) groups excluding carboxylic acids is 2. The lowest BCUT2D eigenvalue weighted by Crippen LogP contribution is -2.47. The number of halogens is 1. The SMILES string of the molecule is O=C1CS[C@@]2(C(=O)Nc3ccccc32)N1c1ccc(F)cc1. The number of fused-ring (bicyclic) bond motifs is 2. The van der Waals surface area contributed by atoms with Crippen molar-refractivity contribution in [3.05, 3.63) is 59.9 Å². The Labute approximate surface area is 130 Å². The molecule has 22 heavy (non-hydrogen) atoms. The molecule has 1 N–H and O–H groups in total. The van der Waals surface area contributed by atoms with Crippen LogP contribution >= 0.6 is 11.8 Å². The lowest BCUT2D eigenvalue weighted by atomic mass is 10.0. The van der Waals surface area contributed by atoms with Gasteiger partial charge in [-0.25, -0.2) is 4.39 Å². The van der Waals surface area contributed by atoms with Crippen molar-refractivity contribution in [2.24, 2.45) is 0 Å². The summed E-state index contributed by atoms with van der Waals surface area (Å²) in [7, 11) is 0. The molecule has 1 atom stereocenters. The zero-order chi connectivity index (χ0) is 15.3. The minimum atomic E-state index is -1.11. The Morgan fingerprint density at radius 3 is 2.59 bits per heavy atom. The molecule has 0 radical (unpaired) electrons. The largest absolute Gasteiger partial charge is 0.323 e. The van der Waals surface area contributed by atoms with Crippen LogP contribution in [0.15, 0.2) is 48.5 Å². The first-order chi connectivity index (χ1) is 10.6. The molecule has 4 nitrogen and oxygen atoms in total. The van der Waals surface area contributed by atoms with Gasteiger partial charge in [0.15, 0.2) is 0 Å². The molecule has 1 saturated heterocycles. The summed E-state index contributed by atoms with van der Waals surface area (Å²) in [6, 6.07) is 13.0. The molecule has 2 heterocycles. The summed E-state index contributed by atoms with van der Waals surface area (Å²) in [6.07, 6.45) is 0. The number of nitrogens with zero attached hydrogens (tertiary/aromatic N) is 1. The highest BCUT2D eigenvalue weighted by Crippen LogP contribution is 2.53. The number of thioether (sulfide) groups is 1. The third-order valence-corrected chi connectivity index (χ3v) is 5.30. The van der Waals surface area contributed by atoms with Gasteiger partial charge in [-0.3, -0.25) is 14.5 Å². The van der Waals surface area contributed by atoms with E-state index in [0.29, 0.717) is 11.4 Å². The summed E-state index contributed by atoms with van der Waals surface area (Å²) >= 11 is 1.29. The van der Waals surface area contributed by atoms with E-state index in [4.69, 9.17) is 0 Å². The van der Waals surface area contributed by atoms with E-state index in [1.54, 1.807) is 0 Å². The van der Waals surface area contributed by atoms with Crippen LogP contribution < -0.4 is 10.2 Å². The predicted octanol–water partition coefficient (Wildman–Crippen LogP) is 2.71. The molecule has 2 aromatic carbocycles. The molecule has 1 spiro atoms. The third-order valence-electron chi connectivity index (χ3n) is 3.90. The van der Waals surface area contributed by atoms with Crippen LogP contribution in [-0.4, -0.2) is 17.6 Å². The number of nitrogens with one attached hydrogen (secondary N) is 1. The van der Waals surface area contributed by atoms with Crippen molar-refractivity contribution >= 4 is 35.0 Å². The van der Waals surface area contributed by atoms with Gasteiger partial charge in [0.05, 0.1) is 5.75 Å². The standard InChI is InChI=1S/C16H11FN2O2S/c17-10-5-7-11(8-6-10)19-14(20)9-22-16(19)12-3-1-2-4-13(12)18-15(16)21/h1-8H,9H2,(H,18,21)/t16-/m0/s1. The van der Waals surface area contributed by atoms with Gasteiger partial charge in [0.2, 0.25) is 10.8 Å². The first kappa shape index (κ1) is 13.3. The molecule has 2 aliphatic heterocycles. The highest BCUT2D eigenvalue weighted by Gasteiger charge is 2.58. The van der Waals surface area contributed by atoms with E-state index in [1.165, 1.54) is 40.9 Å². The summed E-state index contributed by atoms with van der Waals surface area (Å²) in [4.78, 5) is 25.4. The van der Waals surface area contributed by atoms with Crippen LogP contribution in [0, 0.1) is 5.82 Å². The molecule has 2 aliphatic rings. The highest BCUT2D eigenvalue weighted by atomic mass is 32.2. The van der Waals surface area contributed by atoms with E-state index < -0.39 is 4.87 Å². The van der Waals surface area contributed by atoms with Crippen molar-refractivity contribution in [1.29, 1.82) is 0 Å². The van der Waals surface area contributed by atoms with E-state index in [1.807, 2.05) is 24.3 Å². The van der Waals surface area contributed by atoms with Crippen LogP contribution in [-0.2, 0) is 14.5 Å². The quantitative estimate of drug-likeness (QED) is 0.880. The predicted molar refractivity (Wildman–Crippen MR) is 83.1 cm³/mol. The Morgan fingerprint density at radius 2 is 1.82 bits per heavy atom. The molecule has 0 aliphatic carbocycles. The van der Waals surface area contributed by atoms with Crippen LogP contribution in [0.4, 0.5) is 15.8 Å². The van der Waals surface area contributed by atoms with Gasteiger partial charge in [0.1, 0.15) is 5.82 Å². The Morgan fingerprint density at radius 1 is 1.09 bits per heavy atom. The number of rotatable bonds is 1. The normalized spacial score (nSPS) is 23.0. The second-order valence-electron chi connectivity index (χ2n) is 5.14. The minimum Gasteiger partial charge on any atom is -0.323 e. The number of para-hydroxylation sites is 1. The number of carbonyl (C=O) groups is 2. The van der Waals surface area contributed by atoms with E-state index in [-0.39, 0.29) is 23.4 Å². The summed E-state index contributed by atoms with van der Waals surface area (Å²) in [5, 5.41) is 2.83. The number of hydrogen-bond donors (Lipinski definition) is 1. The zero-order valence-corrected chi connectivity index (χ0v) is 12.2. The van der Waals surface area contributed by atoms with E-state index in [2.05, 4.69) is 5.32 Å². The molecule has 6 heteroatoms. The monoisotopic (exact) mass is 314 g/mol. The Kier molecular flexibility index (Phi) is 2.77. The molecule has 0 unspecified atom stereocenters. The zero-order valence-electron chi connectivity index (χ0n) is 11.4. The Hall–Kier alpha value is -2.34. The van der Waals surface area contributed by atoms with E-state index in [0.717, 1.165) is 5.56 Å². The molecule has 4 rings (SSSR count). The lowest BCUT2D eigenvalue weighted by Gasteiger charge is -2.32. The third kappa shape index (κ3) is 1.64. The van der Waals surface area contributed by atoms with E-state index >= 15 is 0 Å². The molecule has 0 bridgehead atoms. The molecule has 0 aromatic heterocycles. The van der Waals surface area contributed by atoms with Gasteiger partial charge < -0.3 is 5.32 Å². The van der Waals surface area contributed by atoms with Crippen LogP contribution in [0.3, 0.4) is 0 Å². The van der Waals surface area contributed by atoms with Crippen molar-refractivity contribution in [2.75, 3.05) is 16.0 Å². The van der Waals surface area contributed by atoms with Gasteiger partial charge >= 0.3 is 0 Å². The average molecular weight is 314 g/mol. The fraction of sp³-hybridized carbons (Fsp3) is 0.125. The molecular weight excluding hydrogens is 303 g/mol. The number of amides is 2. The molecular formula is C16H11FN2O2S. The summed E-state index contributed by atoms with van der Waals surface area (Å²) < 4.78 is 13.2. The van der Waals surface area contributed by atoms with Gasteiger partial charge in [0, 0.05) is 16.9 Å². The van der Waals surface area contributed by atoms with Crippen molar-refractivity contribution < 1.29 is 14.0 Å². The van der Waals surface area contributed by atoms with Crippen molar-refractivity contribution in [3.8, 4) is 0 Å². The molecule has 0 saturated carbocycles. The number of hydrogen-bond acceptors (Lipinski definition) is 3. The van der Waals surface area contributed by atoms with Crippen molar-refractivity contribution in [1.82, 2.24) is 0 Å². The Bertz CT molecular complexity index is 793. The first-order valence-corrected chi connectivity index (χ1v) is 7.75. The topological polar surface area (TPSA) is 49.4 Å². The highest BCUT2D eigenvalue weighted by molar-refractivity contribution is 8.02. The molecule has 1 fully saturated rings. The lowest BCUT2D eigenvalue weighted by molar-refractivity contribution is -0.122. The van der Waals surface area contributed by atoms with Crippen LogP contribution in [0.2, 0.25) is 0 Å². The second-order valence-corrected chi connectivity index (χ2v) is 6.31. The van der Waals surface area contributed by atoms with Gasteiger partial charge in [-0.05, 0) is 30.3 Å². The minimum absolute atomic E-state index is 0.163. The molecule has 2 aromatic rings. The number of benzene rings is 2. The van der Waals surface area contributed by atoms with Gasteiger partial charge in [0.25, 0.3) is 5.91 Å². The summed E-state index contributed by atoms with van der Waals surface area (Å²) in [6.45, 7) is 0. The van der Waals surface area contributed by atoms with E-state index in [9.17, 15) is 14.0 Å². The van der Waals surface area contributed by atoms with Gasteiger partial charge in [-0.1, -0.05) is 18.2 Å². The van der Waals surface area contributed by atoms with Crippen LogP contribution in [0.1, 0.15) is 5.56 Å². The summed E-state index contributed by atoms with van der Waals surface area (Å²) in [5.74, 6) is -0.579.